The van der Waals surface area contributed by atoms with Crippen molar-refractivity contribution in [2.45, 2.75) is 42.5 Å². The quantitative estimate of drug-likeness (QED) is 0.180. The van der Waals surface area contributed by atoms with Gasteiger partial charge in [0.05, 0.1) is 10.5 Å². The summed E-state index contributed by atoms with van der Waals surface area (Å²) in [7, 11) is 0. The third kappa shape index (κ3) is 4.98. The summed E-state index contributed by atoms with van der Waals surface area (Å²) >= 11 is 8.13. The Kier molecular flexibility index (Phi) is 7.44. The Hall–Kier alpha value is -2.42. The predicted molar refractivity (Wildman–Crippen MR) is 136 cm³/mol. The van der Waals surface area contributed by atoms with Crippen LogP contribution in [0.3, 0.4) is 0 Å². The molecule has 0 saturated carbocycles. The molecule has 0 bridgehead atoms. The van der Waals surface area contributed by atoms with E-state index in [0.717, 1.165) is 30.6 Å². The van der Waals surface area contributed by atoms with Crippen molar-refractivity contribution in [3.05, 3.63) is 75.6 Å². The highest BCUT2D eigenvalue weighted by molar-refractivity contribution is 8.26. The molecule has 1 aliphatic heterocycles. The number of benzene rings is 1. The molecule has 32 heavy (non-hydrogen) atoms. The molecule has 0 atom stereocenters. The zero-order chi connectivity index (χ0) is 22.5. The minimum atomic E-state index is -0.206. The van der Waals surface area contributed by atoms with E-state index in [2.05, 4.69) is 6.92 Å². The van der Waals surface area contributed by atoms with Gasteiger partial charge >= 0.3 is 0 Å². The Labute approximate surface area is 200 Å². The van der Waals surface area contributed by atoms with Gasteiger partial charge in [-0.2, -0.15) is 0 Å². The largest absolute Gasteiger partial charge is 0.293 e. The van der Waals surface area contributed by atoms with E-state index in [-0.39, 0.29) is 11.5 Å². The lowest BCUT2D eigenvalue weighted by atomic mass is 10.2. The summed E-state index contributed by atoms with van der Waals surface area (Å²) < 4.78 is 2.05. The van der Waals surface area contributed by atoms with Crippen LogP contribution in [0.1, 0.15) is 38.2 Å². The second-order valence-corrected chi connectivity index (χ2v) is 10.1. The average molecular weight is 482 g/mol. The molecule has 164 valence electrons. The highest BCUT2D eigenvalue weighted by Crippen LogP contribution is 2.35. The summed E-state index contributed by atoms with van der Waals surface area (Å²) in [5.41, 5.74) is 0.757. The third-order valence-corrected chi connectivity index (χ3v) is 7.47. The lowest BCUT2D eigenvalue weighted by molar-refractivity contribution is -0.122. The minimum Gasteiger partial charge on any atom is -0.293 e. The maximum Gasteiger partial charge on any atom is 0.266 e. The topological polar surface area (TPSA) is 54.7 Å². The van der Waals surface area contributed by atoms with E-state index in [1.54, 1.807) is 29.3 Å². The summed E-state index contributed by atoms with van der Waals surface area (Å²) in [5.74, 6) is -0.135. The Bertz CT molecular complexity index is 1240. The molecule has 8 heteroatoms. The van der Waals surface area contributed by atoms with Crippen LogP contribution in [0, 0.1) is 0 Å². The summed E-state index contributed by atoms with van der Waals surface area (Å²) in [4.78, 5) is 34.2. The number of carbonyl (C=O) groups is 1. The molecule has 3 heterocycles. The van der Waals surface area contributed by atoms with Crippen molar-refractivity contribution in [2.24, 2.45) is 0 Å². The molecule has 5 nitrogen and oxygen atoms in total. The number of carbonyl (C=O) groups excluding carboxylic acids is 1. The molecule has 4 rings (SSSR count). The van der Waals surface area contributed by atoms with E-state index in [4.69, 9.17) is 17.2 Å². The van der Waals surface area contributed by atoms with E-state index in [9.17, 15) is 9.59 Å². The Morgan fingerprint density at radius 3 is 2.62 bits per heavy atom. The van der Waals surface area contributed by atoms with Gasteiger partial charge in [0, 0.05) is 17.6 Å². The van der Waals surface area contributed by atoms with Gasteiger partial charge in [0.25, 0.3) is 11.5 Å². The molecule has 1 amide bonds. The number of fused-ring (bicyclic) bond motifs is 1. The fourth-order valence-electron chi connectivity index (χ4n) is 3.40. The molecule has 0 aliphatic carbocycles. The Morgan fingerprint density at radius 2 is 1.84 bits per heavy atom. The number of hydrogen-bond donors (Lipinski definition) is 0. The van der Waals surface area contributed by atoms with Gasteiger partial charge in [0.2, 0.25) is 0 Å². The van der Waals surface area contributed by atoms with Gasteiger partial charge in [-0.3, -0.25) is 18.9 Å². The number of pyridine rings is 1. The first kappa shape index (κ1) is 22.8. The molecular weight excluding hydrogens is 458 g/mol. The maximum atomic E-state index is 13.3. The molecule has 1 fully saturated rings. The minimum absolute atomic E-state index is 0.135. The van der Waals surface area contributed by atoms with Crippen LogP contribution < -0.4 is 5.56 Å². The van der Waals surface area contributed by atoms with Crippen molar-refractivity contribution in [3.8, 4) is 0 Å². The van der Waals surface area contributed by atoms with Gasteiger partial charge in [0.15, 0.2) is 0 Å². The number of rotatable bonds is 8. The van der Waals surface area contributed by atoms with Gasteiger partial charge in [-0.1, -0.05) is 86.2 Å². The van der Waals surface area contributed by atoms with Gasteiger partial charge in [0.1, 0.15) is 15.0 Å². The van der Waals surface area contributed by atoms with Crippen molar-refractivity contribution in [3.63, 3.8) is 0 Å². The van der Waals surface area contributed by atoms with Crippen molar-refractivity contribution in [2.75, 3.05) is 6.54 Å². The lowest BCUT2D eigenvalue weighted by Crippen LogP contribution is -2.29. The van der Waals surface area contributed by atoms with Crippen molar-refractivity contribution >= 4 is 57.7 Å². The highest BCUT2D eigenvalue weighted by Gasteiger charge is 2.32. The summed E-state index contributed by atoms with van der Waals surface area (Å²) in [6, 6.07) is 15.2. The lowest BCUT2D eigenvalue weighted by Gasteiger charge is -2.13. The Morgan fingerprint density at radius 1 is 1.06 bits per heavy atom. The molecule has 0 unspecified atom stereocenters. The van der Waals surface area contributed by atoms with Crippen LogP contribution in [-0.4, -0.2) is 31.1 Å². The van der Waals surface area contributed by atoms with Crippen LogP contribution in [0.2, 0.25) is 0 Å². The van der Waals surface area contributed by atoms with E-state index >= 15 is 0 Å². The molecule has 0 N–H and O–H groups in total. The zero-order valence-electron chi connectivity index (χ0n) is 17.7. The standard InChI is InChI=1S/C24H23N3O2S3/c1-2-3-4-9-15-27-23(29)19(32-24(27)30)16-18-21(31-17-11-6-5-7-12-17)25-20-13-8-10-14-26(20)22(18)28/h5-8,10-14,16H,2-4,9,15H2,1H3. The summed E-state index contributed by atoms with van der Waals surface area (Å²) in [6.45, 7) is 2.77. The summed E-state index contributed by atoms with van der Waals surface area (Å²) in [5, 5.41) is 0.570. The van der Waals surface area contributed by atoms with E-state index < -0.39 is 0 Å². The second kappa shape index (κ2) is 10.5. The van der Waals surface area contributed by atoms with Gasteiger partial charge in [-0.15, -0.1) is 0 Å². The van der Waals surface area contributed by atoms with Crippen LogP contribution in [-0.2, 0) is 4.79 Å². The third-order valence-electron chi connectivity index (χ3n) is 5.08. The normalized spacial score (nSPS) is 15.3. The van der Waals surface area contributed by atoms with Crippen LogP contribution in [0.5, 0.6) is 0 Å². The monoisotopic (exact) mass is 481 g/mol. The number of thiocarbonyl (C=S) groups is 1. The van der Waals surface area contributed by atoms with E-state index in [1.807, 2.05) is 36.4 Å². The molecule has 3 aromatic rings. The van der Waals surface area contributed by atoms with Crippen LogP contribution >= 0.6 is 35.7 Å². The number of thioether (sulfide) groups is 1. The fraction of sp³-hybridized carbons (Fsp3) is 0.250. The van der Waals surface area contributed by atoms with Crippen LogP contribution in [0.4, 0.5) is 0 Å². The molecule has 1 aromatic carbocycles. The van der Waals surface area contributed by atoms with Crippen molar-refractivity contribution < 1.29 is 4.79 Å². The molecule has 1 aliphatic rings. The van der Waals surface area contributed by atoms with Gasteiger partial charge in [-0.05, 0) is 36.8 Å². The molecular formula is C24H23N3O2S3. The first-order valence-corrected chi connectivity index (χ1v) is 12.6. The van der Waals surface area contributed by atoms with Gasteiger partial charge in [-0.25, -0.2) is 4.98 Å². The van der Waals surface area contributed by atoms with Gasteiger partial charge < -0.3 is 0 Å². The molecule has 0 spiro atoms. The second-order valence-electron chi connectivity index (χ2n) is 7.37. The fourth-order valence-corrected chi connectivity index (χ4v) is 5.61. The van der Waals surface area contributed by atoms with Crippen LogP contribution in [0.25, 0.3) is 11.7 Å². The van der Waals surface area contributed by atoms with E-state index in [1.165, 1.54) is 27.9 Å². The molecule has 1 saturated heterocycles. The Balaban J connectivity index is 1.71. The SMILES string of the molecule is CCCCCCN1C(=O)C(=Cc2c(Sc3ccccc3)nc3ccccn3c2=O)SC1=S. The van der Waals surface area contributed by atoms with Crippen molar-refractivity contribution in [1.82, 2.24) is 14.3 Å². The summed E-state index contributed by atoms with van der Waals surface area (Å²) in [6.07, 6.45) is 7.62. The first-order valence-electron chi connectivity index (χ1n) is 10.6. The van der Waals surface area contributed by atoms with Crippen LogP contribution in [0.15, 0.2) is 74.3 Å². The molecule has 0 radical (unpaired) electrons. The van der Waals surface area contributed by atoms with Crippen molar-refractivity contribution in [1.29, 1.82) is 0 Å². The average Bonchev–Trinajstić information content (AvgIpc) is 3.07. The first-order chi connectivity index (χ1) is 15.6. The smallest absolute Gasteiger partial charge is 0.266 e. The molecule has 2 aromatic heterocycles. The predicted octanol–water partition coefficient (Wildman–Crippen LogP) is 5.63. The number of nitrogens with zero attached hydrogens (tertiary/aromatic N) is 3. The number of aromatic nitrogens is 2. The number of hydrogen-bond acceptors (Lipinski definition) is 6. The highest BCUT2D eigenvalue weighted by atomic mass is 32.2. The number of amides is 1. The van der Waals surface area contributed by atoms with E-state index in [0.29, 0.717) is 32.0 Å². The zero-order valence-corrected chi connectivity index (χ0v) is 20.1. The number of unbranched alkanes of at least 4 members (excludes halogenated alkanes) is 3. The maximum absolute atomic E-state index is 13.3.